The van der Waals surface area contributed by atoms with Gasteiger partial charge in [0.15, 0.2) is 0 Å². The molecule has 0 bridgehead atoms. The van der Waals surface area contributed by atoms with Crippen LogP contribution < -0.4 is 4.74 Å². The zero-order valence-electron chi connectivity index (χ0n) is 13.9. The molecule has 0 fully saturated rings. The van der Waals surface area contributed by atoms with E-state index in [0.717, 1.165) is 27.8 Å². The second-order valence-electron chi connectivity index (χ2n) is 5.76. The summed E-state index contributed by atoms with van der Waals surface area (Å²) in [6.45, 7) is 2.19. The predicted octanol–water partition coefficient (Wildman–Crippen LogP) is 5.01. The van der Waals surface area contributed by atoms with Gasteiger partial charge in [-0.1, -0.05) is 41.4 Å². The first-order chi connectivity index (χ1) is 12.6. The molecule has 0 amide bonds. The summed E-state index contributed by atoms with van der Waals surface area (Å²) in [6.07, 6.45) is 3.16. The second kappa shape index (κ2) is 6.94. The van der Waals surface area contributed by atoms with E-state index in [1.165, 1.54) is 6.33 Å². The number of aryl methyl sites for hydroxylation is 1. The molecular formula is C19H14Cl2N4O. The Balaban J connectivity index is 1.77. The van der Waals surface area contributed by atoms with Crippen LogP contribution in [-0.4, -0.2) is 19.7 Å². The Morgan fingerprint density at radius 1 is 1.08 bits per heavy atom. The van der Waals surface area contributed by atoms with E-state index in [-0.39, 0.29) is 6.61 Å². The van der Waals surface area contributed by atoms with Gasteiger partial charge in [0, 0.05) is 26.7 Å². The number of para-hydroxylation sites is 1. The molecule has 2 heterocycles. The second-order valence-corrected chi connectivity index (χ2v) is 6.58. The summed E-state index contributed by atoms with van der Waals surface area (Å²) < 4.78 is 7.73. The third-order valence-electron chi connectivity index (χ3n) is 4.01. The van der Waals surface area contributed by atoms with Crippen LogP contribution in [0.2, 0.25) is 10.0 Å². The molecule has 7 heteroatoms. The minimum Gasteiger partial charge on any atom is -0.487 e. The molecule has 0 atom stereocenters. The van der Waals surface area contributed by atoms with Crippen LogP contribution in [0.3, 0.4) is 0 Å². The molecule has 0 aliphatic rings. The van der Waals surface area contributed by atoms with Crippen molar-refractivity contribution >= 4 is 34.1 Å². The van der Waals surface area contributed by atoms with Gasteiger partial charge in [-0.15, -0.1) is 0 Å². The molecule has 130 valence electrons. The first-order valence-electron chi connectivity index (χ1n) is 7.94. The minimum absolute atomic E-state index is 0.256. The molecule has 2 aromatic heterocycles. The Hall–Kier alpha value is -2.63. The Kier molecular flexibility index (Phi) is 4.49. The lowest BCUT2D eigenvalue weighted by molar-refractivity contribution is 0.309. The summed E-state index contributed by atoms with van der Waals surface area (Å²) in [6, 6.07) is 13.1. The van der Waals surface area contributed by atoms with Crippen LogP contribution in [0.25, 0.3) is 16.6 Å². The molecule has 5 nitrogen and oxygen atoms in total. The van der Waals surface area contributed by atoms with Crippen molar-refractivity contribution in [3.8, 4) is 11.4 Å². The molecule has 0 saturated carbocycles. The summed E-state index contributed by atoms with van der Waals surface area (Å²) >= 11 is 12.5. The van der Waals surface area contributed by atoms with E-state index in [4.69, 9.17) is 27.9 Å². The number of fused-ring (bicyclic) bond motifs is 1. The average Bonchev–Trinajstić information content (AvgIpc) is 3.15. The molecule has 0 N–H and O–H groups in total. The number of rotatable bonds is 4. The van der Waals surface area contributed by atoms with Crippen LogP contribution in [0.4, 0.5) is 0 Å². The van der Waals surface area contributed by atoms with Crippen molar-refractivity contribution < 1.29 is 4.74 Å². The number of benzene rings is 2. The monoisotopic (exact) mass is 384 g/mol. The van der Waals surface area contributed by atoms with E-state index in [9.17, 15) is 0 Å². The molecule has 4 aromatic rings. The van der Waals surface area contributed by atoms with Crippen molar-refractivity contribution in [2.45, 2.75) is 13.5 Å². The maximum atomic E-state index is 6.23. The van der Waals surface area contributed by atoms with Crippen molar-refractivity contribution in [3.05, 3.63) is 76.4 Å². The van der Waals surface area contributed by atoms with Gasteiger partial charge in [-0.25, -0.2) is 14.6 Å². The van der Waals surface area contributed by atoms with E-state index in [1.807, 2.05) is 31.2 Å². The van der Waals surface area contributed by atoms with E-state index >= 15 is 0 Å². The molecule has 0 aliphatic heterocycles. The maximum absolute atomic E-state index is 6.23. The third kappa shape index (κ3) is 3.11. The molecule has 2 aromatic carbocycles. The minimum atomic E-state index is 0.256. The van der Waals surface area contributed by atoms with Gasteiger partial charge >= 0.3 is 0 Å². The number of pyridine rings is 1. The highest BCUT2D eigenvalue weighted by Crippen LogP contribution is 2.31. The molecule has 0 radical (unpaired) electrons. The quantitative estimate of drug-likeness (QED) is 0.496. The lowest BCUT2D eigenvalue weighted by atomic mass is 10.1. The van der Waals surface area contributed by atoms with Gasteiger partial charge in [0.1, 0.15) is 30.5 Å². The van der Waals surface area contributed by atoms with Crippen molar-refractivity contribution in [1.82, 2.24) is 19.7 Å². The SMILES string of the molecule is Cc1cc(-n2cncn2)c2cccc(OCc3c(Cl)cccc3Cl)c2n1. The van der Waals surface area contributed by atoms with E-state index in [0.29, 0.717) is 15.8 Å². The van der Waals surface area contributed by atoms with Crippen molar-refractivity contribution in [3.63, 3.8) is 0 Å². The molecule has 0 spiro atoms. The Labute approximate surface area is 160 Å². The van der Waals surface area contributed by atoms with Crippen LogP contribution in [0.1, 0.15) is 11.3 Å². The van der Waals surface area contributed by atoms with Crippen molar-refractivity contribution in [2.75, 3.05) is 0 Å². The zero-order chi connectivity index (χ0) is 18.1. The van der Waals surface area contributed by atoms with Crippen molar-refractivity contribution in [2.24, 2.45) is 0 Å². The first kappa shape index (κ1) is 16.8. The predicted molar refractivity (Wildman–Crippen MR) is 102 cm³/mol. The van der Waals surface area contributed by atoms with Gasteiger partial charge in [-0.3, -0.25) is 0 Å². The van der Waals surface area contributed by atoms with Crippen LogP contribution >= 0.6 is 23.2 Å². The highest BCUT2D eigenvalue weighted by molar-refractivity contribution is 6.35. The van der Waals surface area contributed by atoms with Gasteiger partial charge < -0.3 is 4.74 Å². The van der Waals surface area contributed by atoms with Gasteiger partial charge in [0.2, 0.25) is 0 Å². The summed E-state index contributed by atoms with van der Waals surface area (Å²) in [4.78, 5) is 8.67. The fourth-order valence-electron chi connectivity index (χ4n) is 2.79. The summed E-state index contributed by atoms with van der Waals surface area (Å²) in [7, 11) is 0. The normalized spacial score (nSPS) is 11.0. The van der Waals surface area contributed by atoms with Crippen LogP contribution in [0.5, 0.6) is 5.75 Å². The van der Waals surface area contributed by atoms with E-state index in [1.54, 1.807) is 29.2 Å². The molecular weight excluding hydrogens is 371 g/mol. The highest BCUT2D eigenvalue weighted by Gasteiger charge is 2.12. The Morgan fingerprint density at radius 2 is 1.85 bits per heavy atom. The van der Waals surface area contributed by atoms with Crippen LogP contribution in [-0.2, 0) is 6.61 Å². The van der Waals surface area contributed by atoms with E-state index in [2.05, 4.69) is 15.1 Å². The first-order valence-corrected chi connectivity index (χ1v) is 8.70. The highest BCUT2D eigenvalue weighted by atomic mass is 35.5. The number of halogens is 2. The van der Waals surface area contributed by atoms with Gasteiger partial charge in [0.25, 0.3) is 0 Å². The number of hydrogen-bond donors (Lipinski definition) is 0. The summed E-state index contributed by atoms with van der Waals surface area (Å²) in [5.41, 5.74) is 3.25. The standard InChI is InChI=1S/C19H14Cl2N4O/c1-12-8-17(25-11-22-10-23-25)13-4-2-7-18(19(13)24-12)26-9-14-15(20)5-3-6-16(14)21/h2-8,10-11H,9H2,1H3. The lowest BCUT2D eigenvalue weighted by Crippen LogP contribution is -2.02. The number of nitrogens with zero attached hydrogens (tertiary/aromatic N) is 4. The number of ether oxygens (including phenoxy) is 1. The van der Waals surface area contributed by atoms with Crippen LogP contribution in [0.15, 0.2) is 55.1 Å². The van der Waals surface area contributed by atoms with Crippen molar-refractivity contribution in [1.29, 1.82) is 0 Å². The average molecular weight is 385 g/mol. The summed E-state index contributed by atoms with van der Waals surface area (Å²) in [5.74, 6) is 0.656. The molecule has 0 aliphatic carbocycles. The Morgan fingerprint density at radius 3 is 2.58 bits per heavy atom. The maximum Gasteiger partial charge on any atom is 0.146 e. The number of hydrogen-bond acceptors (Lipinski definition) is 4. The molecule has 26 heavy (non-hydrogen) atoms. The topological polar surface area (TPSA) is 52.8 Å². The zero-order valence-corrected chi connectivity index (χ0v) is 15.4. The Bertz CT molecular complexity index is 1060. The summed E-state index contributed by atoms with van der Waals surface area (Å²) in [5, 5.41) is 6.29. The van der Waals surface area contributed by atoms with Gasteiger partial charge in [-0.2, -0.15) is 5.10 Å². The fourth-order valence-corrected chi connectivity index (χ4v) is 3.29. The lowest BCUT2D eigenvalue weighted by Gasteiger charge is -2.13. The number of aromatic nitrogens is 4. The third-order valence-corrected chi connectivity index (χ3v) is 4.72. The largest absolute Gasteiger partial charge is 0.487 e. The van der Waals surface area contributed by atoms with Gasteiger partial charge in [-0.05, 0) is 31.2 Å². The van der Waals surface area contributed by atoms with Crippen LogP contribution in [0, 0.1) is 6.92 Å². The van der Waals surface area contributed by atoms with E-state index < -0.39 is 0 Å². The fraction of sp³-hybridized carbons (Fsp3) is 0.105. The molecule has 0 saturated heterocycles. The molecule has 0 unspecified atom stereocenters. The molecule has 4 rings (SSSR count). The smallest absolute Gasteiger partial charge is 0.146 e. The van der Waals surface area contributed by atoms with Gasteiger partial charge in [0.05, 0.1) is 5.69 Å².